The summed E-state index contributed by atoms with van der Waals surface area (Å²) in [5.41, 5.74) is -0.0847. The topological polar surface area (TPSA) is 50.7 Å². The van der Waals surface area contributed by atoms with Gasteiger partial charge in [-0.15, -0.1) is 5.10 Å². The molecule has 0 fully saturated rings. The Hall–Kier alpha value is -0.360. The highest BCUT2D eigenvalue weighted by atomic mass is 32.2. The van der Waals surface area contributed by atoms with Gasteiger partial charge in [-0.05, 0) is 25.0 Å². The number of thiol groups is 1. The van der Waals surface area contributed by atoms with Gasteiger partial charge in [0.05, 0.1) is 0 Å². The standard InChI is InChI=1S/C14H27N3OS2/c1-2-10-17-13(18)15-16-14(17)20-12-9-7-5-3-4-6-8-11-19/h19H,2-12H2,1H3,(H,15,18). The van der Waals surface area contributed by atoms with E-state index in [4.69, 9.17) is 0 Å². The minimum Gasteiger partial charge on any atom is -0.270 e. The van der Waals surface area contributed by atoms with Gasteiger partial charge in [-0.1, -0.05) is 50.8 Å². The van der Waals surface area contributed by atoms with Crippen LogP contribution in [0.4, 0.5) is 0 Å². The fraction of sp³-hybridized carbons (Fsp3) is 0.857. The van der Waals surface area contributed by atoms with E-state index in [1.165, 1.54) is 44.9 Å². The molecule has 0 aromatic carbocycles. The quantitative estimate of drug-likeness (QED) is 0.351. The molecule has 1 rings (SSSR count). The highest BCUT2D eigenvalue weighted by Gasteiger charge is 2.07. The Morgan fingerprint density at radius 3 is 2.45 bits per heavy atom. The van der Waals surface area contributed by atoms with E-state index in [9.17, 15) is 4.79 Å². The molecule has 1 N–H and O–H groups in total. The summed E-state index contributed by atoms with van der Waals surface area (Å²) in [4.78, 5) is 11.5. The molecule has 0 bridgehead atoms. The predicted molar refractivity (Wildman–Crippen MR) is 90.0 cm³/mol. The molecule has 116 valence electrons. The van der Waals surface area contributed by atoms with Crippen molar-refractivity contribution in [3.8, 4) is 0 Å². The zero-order valence-electron chi connectivity index (χ0n) is 12.4. The fourth-order valence-corrected chi connectivity index (χ4v) is 3.29. The average Bonchev–Trinajstić information content (AvgIpc) is 2.79. The first-order valence-corrected chi connectivity index (χ1v) is 9.30. The van der Waals surface area contributed by atoms with Crippen LogP contribution in [0.2, 0.25) is 0 Å². The lowest BCUT2D eigenvalue weighted by molar-refractivity contribution is 0.599. The van der Waals surface area contributed by atoms with Crippen LogP contribution in [0.3, 0.4) is 0 Å². The Morgan fingerprint density at radius 1 is 1.15 bits per heavy atom. The number of nitrogens with one attached hydrogen (secondary N) is 1. The summed E-state index contributed by atoms with van der Waals surface area (Å²) < 4.78 is 1.74. The van der Waals surface area contributed by atoms with Gasteiger partial charge < -0.3 is 0 Å². The van der Waals surface area contributed by atoms with Crippen molar-refractivity contribution in [2.75, 3.05) is 11.5 Å². The molecular formula is C14H27N3OS2. The summed E-state index contributed by atoms with van der Waals surface area (Å²) in [6, 6.07) is 0. The Bertz CT molecular complexity index is 403. The predicted octanol–water partition coefficient (Wildman–Crippen LogP) is 3.73. The minimum absolute atomic E-state index is 0.0847. The molecule has 0 unspecified atom stereocenters. The third kappa shape index (κ3) is 6.88. The monoisotopic (exact) mass is 317 g/mol. The maximum Gasteiger partial charge on any atom is 0.343 e. The van der Waals surface area contributed by atoms with Crippen LogP contribution >= 0.6 is 24.4 Å². The molecular weight excluding hydrogens is 290 g/mol. The Balaban J connectivity index is 2.08. The average molecular weight is 318 g/mol. The van der Waals surface area contributed by atoms with Crippen molar-refractivity contribution in [3.63, 3.8) is 0 Å². The van der Waals surface area contributed by atoms with Gasteiger partial charge in [-0.3, -0.25) is 4.57 Å². The van der Waals surface area contributed by atoms with E-state index in [0.717, 1.165) is 29.6 Å². The van der Waals surface area contributed by atoms with Crippen molar-refractivity contribution < 1.29 is 0 Å². The number of rotatable bonds is 12. The second-order valence-corrected chi connectivity index (χ2v) is 6.52. The number of aromatic nitrogens is 3. The van der Waals surface area contributed by atoms with E-state index in [1.807, 2.05) is 0 Å². The first-order chi connectivity index (χ1) is 9.79. The Morgan fingerprint density at radius 2 is 1.80 bits per heavy atom. The summed E-state index contributed by atoms with van der Waals surface area (Å²) in [7, 11) is 0. The summed E-state index contributed by atoms with van der Waals surface area (Å²) >= 11 is 5.91. The largest absolute Gasteiger partial charge is 0.343 e. The molecule has 0 saturated heterocycles. The maximum absolute atomic E-state index is 11.5. The lowest BCUT2D eigenvalue weighted by Gasteiger charge is -2.04. The maximum atomic E-state index is 11.5. The smallest absolute Gasteiger partial charge is 0.270 e. The molecule has 1 aromatic rings. The molecule has 0 aliphatic heterocycles. The lowest BCUT2D eigenvalue weighted by atomic mass is 10.1. The number of hydrogen-bond donors (Lipinski definition) is 2. The third-order valence-electron chi connectivity index (χ3n) is 3.20. The van der Waals surface area contributed by atoms with Gasteiger partial charge in [0.15, 0.2) is 5.16 Å². The van der Waals surface area contributed by atoms with E-state index >= 15 is 0 Å². The number of thioether (sulfide) groups is 1. The van der Waals surface area contributed by atoms with Crippen molar-refractivity contribution >= 4 is 24.4 Å². The molecule has 1 heterocycles. The van der Waals surface area contributed by atoms with Crippen molar-refractivity contribution in [2.45, 2.75) is 70.0 Å². The van der Waals surface area contributed by atoms with Crippen LogP contribution in [0, 0.1) is 0 Å². The first kappa shape index (κ1) is 17.7. The molecule has 0 spiro atoms. The molecule has 0 atom stereocenters. The highest BCUT2D eigenvalue weighted by Crippen LogP contribution is 2.17. The van der Waals surface area contributed by atoms with Crippen LogP contribution in [0.25, 0.3) is 0 Å². The Kier molecular flexibility index (Phi) is 10.0. The normalized spacial score (nSPS) is 11.1. The zero-order chi connectivity index (χ0) is 14.6. The number of nitrogens with zero attached hydrogens (tertiary/aromatic N) is 2. The van der Waals surface area contributed by atoms with Crippen LogP contribution in [-0.2, 0) is 6.54 Å². The van der Waals surface area contributed by atoms with Gasteiger partial charge in [0.1, 0.15) is 0 Å². The highest BCUT2D eigenvalue weighted by molar-refractivity contribution is 7.99. The SMILES string of the molecule is CCCn1c(SCCCCCCCCCS)n[nH]c1=O. The summed E-state index contributed by atoms with van der Waals surface area (Å²) in [6.07, 6.45) is 9.97. The van der Waals surface area contributed by atoms with Crippen molar-refractivity contribution in [1.29, 1.82) is 0 Å². The second kappa shape index (κ2) is 11.3. The minimum atomic E-state index is -0.0847. The van der Waals surface area contributed by atoms with Crippen LogP contribution in [0.1, 0.15) is 58.3 Å². The second-order valence-electron chi connectivity index (χ2n) is 5.01. The van der Waals surface area contributed by atoms with Crippen LogP contribution < -0.4 is 5.69 Å². The number of hydrogen-bond acceptors (Lipinski definition) is 4. The number of H-pyrrole nitrogens is 1. The van der Waals surface area contributed by atoms with Crippen molar-refractivity contribution in [3.05, 3.63) is 10.5 Å². The summed E-state index contributed by atoms with van der Waals surface area (Å²) in [6.45, 7) is 2.82. The lowest BCUT2D eigenvalue weighted by Crippen LogP contribution is -2.17. The van der Waals surface area contributed by atoms with Crippen molar-refractivity contribution in [1.82, 2.24) is 14.8 Å². The molecule has 20 heavy (non-hydrogen) atoms. The van der Waals surface area contributed by atoms with Gasteiger partial charge >= 0.3 is 5.69 Å². The van der Waals surface area contributed by atoms with E-state index in [-0.39, 0.29) is 5.69 Å². The van der Waals surface area contributed by atoms with Crippen LogP contribution in [0.5, 0.6) is 0 Å². The molecule has 0 saturated carbocycles. The zero-order valence-corrected chi connectivity index (χ0v) is 14.1. The first-order valence-electron chi connectivity index (χ1n) is 7.68. The van der Waals surface area contributed by atoms with Gasteiger partial charge in [-0.25, -0.2) is 9.89 Å². The van der Waals surface area contributed by atoms with Gasteiger partial charge in [-0.2, -0.15) is 12.6 Å². The van der Waals surface area contributed by atoms with E-state index < -0.39 is 0 Å². The fourth-order valence-electron chi connectivity index (χ4n) is 2.10. The summed E-state index contributed by atoms with van der Waals surface area (Å²) in [5.74, 6) is 2.06. The molecule has 0 aliphatic carbocycles. The number of unbranched alkanes of at least 4 members (excludes halogenated alkanes) is 6. The van der Waals surface area contributed by atoms with Crippen LogP contribution in [-0.4, -0.2) is 26.3 Å². The Labute approximate surface area is 131 Å². The molecule has 0 radical (unpaired) electrons. The van der Waals surface area contributed by atoms with E-state index in [0.29, 0.717) is 0 Å². The van der Waals surface area contributed by atoms with Crippen LogP contribution in [0.15, 0.2) is 9.95 Å². The third-order valence-corrected chi connectivity index (χ3v) is 4.58. The van der Waals surface area contributed by atoms with Gasteiger partial charge in [0, 0.05) is 12.3 Å². The van der Waals surface area contributed by atoms with E-state index in [2.05, 4.69) is 29.7 Å². The summed E-state index contributed by atoms with van der Waals surface area (Å²) in [5, 5.41) is 7.45. The van der Waals surface area contributed by atoms with Gasteiger partial charge in [0.2, 0.25) is 0 Å². The molecule has 0 aliphatic rings. The molecule has 1 aromatic heterocycles. The van der Waals surface area contributed by atoms with E-state index in [1.54, 1.807) is 16.3 Å². The molecule has 4 nitrogen and oxygen atoms in total. The van der Waals surface area contributed by atoms with Crippen molar-refractivity contribution in [2.24, 2.45) is 0 Å². The molecule has 6 heteroatoms. The van der Waals surface area contributed by atoms with Gasteiger partial charge in [0.25, 0.3) is 0 Å². The number of aromatic amines is 1. The molecule has 0 amide bonds.